The van der Waals surface area contributed by atoms with Crippen LogP contribution in [0.1, 0.15) is 23.1 Å². The molecule has 0 bridgehead atoms. The molecule has 0 aliphatic carbocycles. The summed E-state index contributed by atoms with van der Waals surface area (Å²) in [5, 5.41) is 13.9. The molecule has 32 heavy (non-hydrogen) atoms. The third-order valence-corrected chi connectivity index (χ3v) is 5.62. The Kier molecular flexibility index (Phi) is 6.23. The van der Waals surface area contributed by atoms with Gasteiger partial charge in [-0.05, 0) is 36.1 Å². The highest BCUT2D eigenvalue weighted by Crippen LogP contribution is 2.39. The van der Waals surface area contributed by atoms with E-state index in [0.717, 1.165) is 29.5 Å². The summed E-state index contributed by atoms with van der Waals surface area (Å²) in [6.07, 6.45) is 0.315. The predicted molar refractivity (Wildman–Crippen MR) is 117 cm³/mol. The highest BCUT2D eigenvalue weighted by Gasteiger charge is 2.50. The minimum Gasteiger partial charge on any atom is -0.481 e. The van der Waals surface area contributed by atoms with E-state index in [1.54, 1.807) is 0 Å². The second-order valence-electron chi connectivity index (χ2n) is 7.43. The van der Waals surface area contributed by atoms with Crippen LogP contribution in [-0.2, 0) is 16.8 Å². The molecule has 2 heterocycles. The average molecular weight is 435 g/mol. The Hall–Kier alpha value is -3.65. The molecule has 0 spiro atoms. The maximum absolute atomic E-state index is 12.7. The van der Waals surface area contributed by atoms with Crippen LogP contribution >= 0.6 is 0 Å². The molecule has 8 heteroatoms. The van der Waals surface area contributed by atoms with Crippen LogP contribution in [0.3, 0.4) is 0 Å². The number of ether oxygens (including phenoxy) is 3. The molecule has 0 amide bonds. The minimum atomic E-state index is -1.37. The van der Waals surface area contributed by atoms with Crippen molar-refractivity contribution in [3.63, 3.8) is 0 Å². The molecule has 1 aliphatic heterocycles. The van der Waals surface area contributed by atoms with Crippen molar-refractivity contribution in [2.24, 2.45) is 0 Å². The fraction of sp³-hybridized carbons (Fsp3) is 0.292. The van der Waals surface area contributed by atoms with Crippen LogP contribution in [0, 0.1) is 0 Å². The molecule has 2 N–H and O–H groups in total. The van der Waals surface area contributed by atoms with E-state index >= 15 is 0 Å². The lowest BCUT2D eigenvalue weighted by Crippen LogP contribution is -2.58. The number of carboxylic acids is 1. The van der Waals surface area contributed by atoms with Gasteiger partial charge in [-0.1, -0.05) is 54.6 Å². The molecule has 4 rings (SSSR count). The highest BCUT2D eigenvalue weighted by molar-refractivity contribution is 5.77. The summed E-state index contributed by atoms with van der Waals surface area (Å²) in [5.74, 6) is -0.735. The van der Waals surface area contributed by atoms with Gasteiger partial charge in [0.25, 0.3) is 0 Å². The zero-order chi connectivity index (χ0) is 22.6. The Morgan fingerprint density at radius 3 is 2.34 bits per heavy atom. The summed E-state index contributed by atoms with van der Waals surface area (Å²) >= 11 is 0. The quantitative estimate of drug-likeness (QED) is 0.584. The number of nitrogens with one attached hydrogen (secondary N) is 1. The zero-order valence-electron chi connectivity index (χ0n) is 17.9. The van der Waals surface area contributed by atoms with Crippen molar-refractivity contribution in [1.82, 2.24) is 15.3 Å². The molecule has 0 radical (unpaired) electrons. The Labute approximate surface area is 186 Å². The smallest absolute Gasteiger partial charge is 0.347 e. The third-order valence-electron chi connectivity index (χ3n) is 5.62. The van der Waals surface area contributed by atoms with Crippen LogP contribution < -0.4 is 19.5 Å². The van der Waals surface area contributed by atoms with Crippen molar-refractivity contribution in [3.05, 3.63) is 77.4 Å². The van der Waals surface area contributed by atoms with Crippen LogP contribution in [0.4, 0.5) is 0 Å². The molecule has 0 saturated carbocycles. The Morgan fingerprint density at radius 1 is 1.03 bits per heavy atom. The van der Waals surface area contributed by atoms with Crippen molar-refractivity contribution in [3.8, 4) is 17.8 Å². The van der Waals surface area contributed by atoms with E-state index in [4.69, 9.17) is 14.2 Å². The van der Waals surface area contributed by atoms with Crippen LogP contribution in [0.25, 0.3) is 0 Å². The highest BCUT2D eigenvalue weighted by atomic mass is 16.5. The molecule has 1 aliphatic rings. The van der Waals surface area contributed by atoms with Gasteiger partial charge < -0.3 is 24.6 Å². The molecule has 8 nitrogen and oxygen atoms in total. The van der Waals surface area contributed by atoms with Gasteiger partial charge >= 0.3 is 12.0 Å². The molecule has 3 aromatic rings. The lowest BCUT2D eigenvalue weighted by Gasteiger charge is -2.40. The fourth-order valence-electron chi connectivity index (χ4n) is 4.20. The number of fused-ring (bicyclic) bond motifs is 1. The number of methoxy groups -OCH3 is 2. The van der Waals surface area contributed by atoms with Gasteiger partial charge in [-0.3, -0.25) is 0 Å². The SMILES string of the molecule is COc1cc(OC)nc(O[C@H](C(=O)O)[C@@]2(c3ccccc3)NCCCc3ccccc32)n1. The maximum atomic E-state index is 12.7. The van der Waals surface area contributed by atoms with Crippen molar-refractivity contribution in [1.29, 1.82) is 0 Å². The van der Waals surface area contributed by atoms with Gasteiger partial charge in [0.05, 0.1) is 20.3 Å². The standard InChI is InChI=1S/C24H25N3O5/c1-30-19-15-20(31-2)27-23(26-19)32-21(22(28)29)24(17-11-4-3-5-12-17)18-13-7-6-9-16(18)10-8-14-25-24/h3-7,9,11-13,15,21,25H,8,10,14H2,1-2H3,(H,28,29)/t21-,24+/m1/s1. The number of nitrogens with zero attached hydrogens (tertiary/aromatic N) is 2. The van der Waals surface area contributed by atoms with Crippen molar-refractivity contribution < 1.29 is 24.1 Å². The lowest BCUT2D eigenvalue weighted by atomic mass is 9.76. The number of benzene rings is 2. The van der Waals surface area contributed by atoms with E-state index in [0.29, 0.717) is 6.54 Å². The van der Waals surface area contributed by atoms with Gasteiger partial charge in [-0.2, -0.15) is 9.97 Å². The minimum absolute atomic E-state index is 0.146. The van der Waals surface area contributed by atoms with Crippen molar-refractivity contribution >= 4 is 5.97 Å². The van der Waals surface area contributed by atoms with Crippen LogP contribution in [0.15, 0.2) is 60.7 Å². The fourth-order valence-corrected chi connectivity index (χ4v) is 4.20. The Morgan fingerprint density at radius 2 is 1.69 bits per heavy atom. The summed E-state index contributed by atoms with van der Waals surface area (Å²) in [4.78, 5) is 21.1. The first-order valence-electron chi connectivity index (χ1n) is 10.3. The number of aliphatic carboxylic acids is 1. The predicted octanol–water partition coefficient (Wildman–Crippen LogP) is 2.81. The number of aryl methyl sites for hydroxylation is 1. The third kappa shape index (κ3) is 3.97. The van der Waals surface area contributed by atoms with E-state index in [9.17, 15) is 9.90 Å². The van der Waals surface area contributed by atoms with Crippen molar-refractivity contribution in [2.45, 2.75) is 24.5 Å². The Bertz CT molecular complexity index is 1070. The normalized spacial score (nSPS) is 18.7. The molecule has 0 saturated heterocycles. The van der Waals surface area contributed by atoms with E-state index in [1.807, 2.05) is 54.6 Å². The zero-order valence-corrected chi connectivity index (χ0v) is 17.9. The number of carboxylic acid groups (broad SMARTS) is 1. The second-order valence-corrected chi connectivity index (χ2v) is 7.43. The van der Waals surface area contributed by atoms with Crippen LogP contribution in [-0.4, -0.2) is 47.9 Å². The first kappa shape index (κ1) is 21.6. The molecule has 1 aromatic heterocycles. The molecule has 166 valence electrons. The van der Waals surface area contributed by atoms with Gasteiger partial charge in [0.15, 0.2) is 0 Å². The monoisotopic (exact) mass is 435 g/mol. The molecule has 2 atom stereocenters. The number of hydrogen-bond acceptors (Lipinski definition) is 7. The van der Waals surface area contributed by atoms with Gasteiger partial charge in [0.1, 0.15) is 5.54 Å². The summed E-state index contributed by atoms with van der Waals surface area (Å²) in [6.45, 7) is 0.610. The number of carbonyl (C=O) groups is 1. The van der Waals surface area contributed by atoms with E-state index in [-0.39, 0.29) is 17.8 Å². The molecule has 0 unspecified atom stereocenters. The molecular formula is C24H25N3O5. The summed E-state index contributed by atoms with van der Waals surface area (Å²) < 4.78 is 16.4. The summed E-state index contributed by atoms with van der Waals surface area (Å²) in [6, 6.07) is 18.7. The number of rotatable bonds is 7. The van der Waals surface area contributed by atoms with E-state index in [1.165, 1.54) is 20.3 Å². The summed E-state index contributed by atoms with van der Waals surface area (Å²) in [7, 11) is 2.91. The second kappa shape index (κ2) is 9.23. The van der Waals surface area contributed by atoms with Crippen molar-refractivity contribution in [2.75, 3.05) is 20.8 Å². The largest absolute Gasteiger partial charge is 0.481 e. The number of aromatic nitrogens is 2. The van der Waals surface area contributed by atoms with Gasteiger partial charge in [-0.15, -0.1) is 0 Å². The lowest BCUT2D eigenvalue weighted by molar-refractivity contribution is -0.149. The Balaban J connectivity index is 1.91. The summed E-state index contributed by atoms with van der Waals surface area (Å²) in [5.41, 5.74) is 1.53. The average Bonchev–Trinajstić information content (AvgIpc) is 3.03. The molecule has 0 fully saturated rings. The van der Waals surface area contributed by atoms with E-state index < -0.39 is 17.6 Å². The van der Waals surface area contributed by atoms with Crippen LogP contribution in [0.2, 0.25) is 0 Å². The van der Waals surface area contributed by atoms with Gasteiger partial charge in [0, 0.05) is 0 Å². The van der Waals surface area contributed by atoms with Crippen LogP contribution in [0.5, 0.6) is 17.8 Å². The first-order chi connectivity index (χ1) is 15.6. The van der Waals surface area contributed by atoms with Gasteiger partial charge in [0.2, 0.25) is 17.9 Å². The maximum Gasteiger partial charge on any atom is 0.347 e. The number of hydrogen-bond donors (Lipinski definition) is 2. The topological polar surface area (TPSA) is 103 Å². The van der Waals surface area contributed by atoms with Gasteiger partial charge in [-0.25, -0.2) is 4.79 Å². The molecular weight excluding hydrogens is 410 g/mol. The molecule has 2 aromatic carbocycles. The van der Waals surface area contributed by atoms with E-state index in [2.05, 4.69) is 15.3 Å². The first-order valence-corrected chi connectivity index (χ1v) is 10.3.